The lowest BCUT2D eigenvalue weighted by Crippen LogP contribution is -2.57. The van der Waals surface area contributed by atoms with Gasteiger partial charge in [0.15, 0.2) is 0 Å². The second kappa shape index (κ2) is 10.4. The van der Waals surface area contributed by atoms with Gasteiger partial charge in [-0.2, -0.15) is 0 Å². The lowest BCUT2D eigenvalue weighted by molar-refractivity contribution is -0.139. The average Bonchev–Trinajstić information content (AvgIpc) is 2.78. The van der Waals surface area contributed by atoms with Crippen molar-refractivity contribution in [3.05, 3.63) is 65.7 Å². The molecule has 31 heavy (non-hydrogen) atoms. The molecule has 2 amide bonds. The zero-order valence-electron chi connectivity index (χ0n) is 18.9. The molecule has 2 aromatic rings. The molecule has 0 radical (unpaired) electrons. The SMILES string of the molecule is CCOc1ccc(C(=O)N[C@H](C(=O)N2CCN(C)C[C@H]2c2ccccc2)C(C)C)cc1. The molecule has 3 rings (SSSR count). The number of ether oxygens (including phenoxy) is 1. The summed E-state index contributed by atoms with van der Waals surface area (Å²) < 4.78 is 5.44. The maximum atomic E-state index is 13.6. The van der Waals surface area contributed by atoms with Gasteiger partial charge in [-0.25, -0.2) is 0 Å². The van der Waals surface area contributed by atoms with Gasteiger partial charge in [0.05, 0.1) is 12.6 Å². The number of nitrogens with zero attached hydrogens (tertiary/aromatic N) is 2. The summed E-state index contributed by atoms with van der Waals surface area (Å²) in [5.74, 6) is 0.408. The molecule has 2 aromatic carbocycles. The first-order valence-electron chi connectivity index (χ1n) is 11.0. The van der Waals surface area contributed by atoms with Crippen LogP contribution in [0, 0.1) is 5.92 Å². The van der Waals surface area contributed by atoms with Crippen LogP contribution in [0.3, 0.4) is 0 Å². The third-order valence-corrected chi connectivity index (χ3v) is 5.70. The van der Waals surface area contributed by atoms with E-state index < -0.39 is 6.04 Å². The second-order valence-corrected chi connectivity index (χ2v) is 8.37. The van der Waals surface area contributed by atoms with Crippen LogP contribution in [-0.2, 0) is 4.79 Å². The van der Waals surface area contributed by atoms with E-state index in [9.17, 15) is 9.59 Å². The van der Waals surface area contributed by atoms with Crippen molar-refractivity contribution in [2.45, 2.75) is 32.9 Å². The summed E-state index contributed by atoms with van der Waals surface area (Å²) in [5.41, 5.74) is 1.63. The van der Waals surface area contributed by atoms with Gasteiger partial charge in [0.1, 0.15) is 11.8 Å². The van der Waals surface area contributed by atoms with E-state index in [4.69, 9.17) is 4.74 Å². The van der Waals surface area contributed by atoms with Crippen molar-refractivity contribution in [1.82, 2.24) is 15.1 Å². The van der Waals surface area contributed by atoms with Crippen molar-refractivity contribution in [1.29, 1.82) is 0 Å². The fourth-order valence-corrected chi connectivity index (χ4v) is 3.93. The number of benzene rings is 2. The van der Waals surface area contributed by atoms with Crippen LogP contribution in [0.4, 0.5) is 0 Å². The molecule has 0 bridgehead atoms. The summed E-state index contributed by atoms with van der Waals surface area (Å²) in [6.45, 7) is 8.64. The highest BCUT2D eigenvalue weighted by Crippen LogP contribution is 2.26. The van der Waals surface area contributed by atoms with Gasteiger partial charge in [-0.05, 0) is 49.7 Å². The predicted octanol–water partition coefficient (Wildman–Crippen LogP) is 3.36. The molecule has 6 heteroatoms. The van der Waals surface area contributed by atoms with Crippen molar-refractivity contribution < 1.29 is 14.3 Å². The number of hydrogen-bond acceptors (Lipinski definition) is 4. The molecule has 0 saturated carbocycles. The Morgan fingerprint density at radius 1 is 1.06 bits per heavy atom. The van der Waals surface area contributed by atoms with E-state index in [2.05, 4.69) is 29.4 Å². The molecule has 6 nitrogen and oxygen atoms in total. The molecule has 1 N–H and O–H groups in total. The molecular weight excluding hydrogens is 390 g/mol. The van der Waals surface area contributed by atoms with Crippen LogP contribution in [0.1, 0.15) is 42.7 Å². The van der Waals surface area contributed by atoms with Gasteiger partial charge in [0.25, 0.3) is 5.91 Å². The summed E-state index contributed by atoms with van der Waals surface area (Å²) in [6, 6.07) is 16.5. The first kappa shape index (κ1) is 22.8. The van der Waals surface area contributed by atoms with Gasteiger partial charge in [-0.15, -0.1) is 0 Å². The fraction of sp³-hybridized carbons (Fsp3) is 0.440. The van der Waals surface area contributed by atoms with Gasteiger partial charge in [-0.3, -0.25) is 9.59 Å². The lowest BCUT2D eigenvalue weighted by atomic mass is 9.97. The zero-order valence-corrected chi connectivity index (χ0v) is 18.9. The molecule has 1 aliphatic heterocycles. The Kier molecular flexibility index (Phi) is 7.69. The Hall–Kier alpha value is -2.86. The van der Waals surface area contributed by atoms with Gasteiger partial charge in [0, 0.05) is 25.2 Å². The van der Waals surface area contributed by atoms with Gasteiger partial charge < -0.3 is 19.9 Å². The van der Waals surface area contributed by atoms with Crippen LogP contribution in [0.15, 0.2) is 54.6 Å². The number of hydrogen-bond donors (Lipinski definition) is 1. The number of rotatable bonds is 7. The standard InChI is InChI=1S/C25H33N3O3/c1-5-31-21-13-11-20(12-14-21)24(29)26-23(18(2)3)25(30)28-16-15-27(4)17-22(28)19-9-7-6-8-10-19/h6-14,18,22-23H,5,15-17H2,1-4H3,(H,26,29)/t22-,23-/m0/s1. The summed E-state index contributed by atoms with van der Waals surface area (Å²) in [4.78, 5) is 30.7. The Balaban J connectivity index is 1.77. The minimum atomic E-state index is -0.589. The normalized spacial score (nSPS) is 18.0. The van der Waals surface area contributed by atoms with E-state index in [0.717, 1.165) is 24.4 Å². The Bertz CT molecular complexity index is 867. The van der Waals surface area contributed by atoms with Gasteiger partial charge in [-0.1, -0.05) is 44.2 Å². The highest BCUT2D eigenvalue weighted by molar-refractivity contribution is 5.97. The minimum absolute atomic E-state index is 0.0313. The number of piperazine rings is 1. The Morgan fingerprint density at radius 3 is 2.35 bits per heavy atom. The first-order valence-corrected chi connectivity index (χ1v) is 11.0. The predicted molar refractivity (Wildman–Crippen MR) is 122 cm³/mol. The molecule has 0 spiro atoms. The number of nitrogens with one attached hydrogen (secondary N) is 1. The van der Waals surface area contributed by atoms with Crippen LogP contribution in [0.5, 0.6) is 5.75 Å². The summed E-state index contributed by atoms with van der Waals surface area (Å²) in [6.07, 6.45) is 0. The molecule has 1 aliphatic rings. The molecule has 2 atom stereocenters. The molecule has 1 saturated heterocycles. The quantitative estimate of drug-likeness (QED) is 0.742. The number of likely N-dealkylation sites (N-methyl/N-ethyl adjacent to an activating group) is 1. The number of carbonyl (C=O) groups is 2. The third kappa shape index (κ3) is 5.64. The maximum Gasteiger partial charge on any atom is 0.251 e. The zero-order chi connectivity index (χ0) is 22.4. The van der Waals surface area contributed by atoms with E-state index in [1.165, 1.54) is 0 Å². The maximum absolute atomic E-state index is 13.6. The van der Waals surface area contributed by atoms with Crippen LogP contribution in [0.25, 0.3) is 0 Å². The summed E-state index contributed by atoms with van der Waals surface area (Å²) in [5, 5.41) is 2.98. The monoisotopic (exact) mass is 423 g/mol. The van der Waals surface area contributed by atoms with Gasteiger partial charge in [0.2, 0.25) is 5.91 Å². The van der Waals surface area contributed by atoms with E-state index in [0.29, 0.717) is 18.7 Å². The Morgan fingerprint density at radius 2 is 1.74 bits per heavy atom. The van der Waals surface area contributed by atoms with E-state index in [-0.39, 0.29) is 23.8 Å². The highest BCUT2D eigenvalue weighted by atomic mass is 16.5. The van der Waals surface area contributed by atoms with Crippen molar-refractivity contribution in [3.8, 4) is 5.75 Å². The van der Waals surface area contributed by atoms with E-state index in [1.54, 1.807) is 24.3 Å². The number of carbonyl (C=O) groups excluding carboxylic acids is 2. The minimum Gasteiger partial charge on any atom is -0.494 e. The molecule has 0 unspecified atom stereocenters. The van der Waals surface area contributed by atoms with Crippen LogP contribution >= 0.6 is 0 Å². The Labute approximate surface area is 185 Å². The second-order valence-electron chi connectivity index (χ2n) is 8.37. The smallest absolute Gasteiger partial charge is 0.251 e. The topological polar surface area (TPSA) is 61.9 Å². The van der Waals surface area contributed by atoms with Crippen molar-refractivity contribution in [3.63, 3.8) is 0 Å². The molecule has 166 valence electrons. The van der Waals surface area contributed by atoms with E-state index in [1.807, 2.05) is 43.9 Å². The fourth-order valence-electron chi connectivity index (χ4n) is 3.93. The molecule has 1 heterocycles. The molecular formula is C25H33N3O3. The summed E-state index contributed by atoms with van der Waals surface area (Å²) in [7, 11) is 2.07. The first-order chi connectivity index (χ1) is 14.9. The van der Waals surface area contributed by atoms with Crippen LogP contribution in [0.2, 0.25) is 0 Å². The summed E-state index contributed by atoms with van der Waals surface area (Å²) >= 11 is 0. The van der Waals surface area contributed by atoms with Gasteiger partial charge >= 0.3 is 0 Å². The molecule has 0 aromatic heterocycles. The highest BCUT2D eigenvalue weighted by Gasteiger charge is 2.36. The van der Waals surface area contributed by atoms with Crippen LogP contribution < -0.4 is 10.1 Å². The average molecular weight is 424 g/mol. The van der Waals surface area contributed by atoms with Crippen molar-refractivity contribution >= 4 is 11.8 Å². The number of amides is 2. The largest absolute Gasteiger partial charge is 0.494 e. The van der Waals surface area contributed by atoms with Crippen molar-refractivity contribution in [2.24, 2.45) is 5.92 Å². The third-order valence-electron chi connectivity index (χ3n) is 5.70. The van der Waals surface area contributed by atoms with Crippen molar-refractivity contribution in [2.75, 3.05) is 33.3 Å². The molecule has 0 aliphatic carbocycles. The van der Waals surface area contributed by atoms with E-state index >= 15 is 0 Å². The molecule has 1 fully saturated rings. The lowest BCUT2D eigenvalue weighted by Gasteiger charge is -2.42. The van der Waals surface area contributed by atoms with Crippen LogP contribution in [-0.4, -0.2) is 60.9 Å².